The Balaban J connectivity index is 2.66. The lowest BCUT2D eigenvalue weighted by Crippen LogP contribution is -1.95. The van der Waals surface area contributed by atoms with E-state index in [1.54, 1.807) is 12.1 Å². The quantitative estimate of drug-likeness (QED) is 0.616. The zero-order valence-corrected chi connectivity index (χ0v) is 6.23. The second-order valence-corrected chi connectivity index (χ2v) is 1.99. The monoisotopic (exact) mass is 162 g/mol. The van der Waals surface area contributed by atoms with Crippen LogP contribution < -0.4 is 4.74 Å². The van der Waals surface area contributed by atoms with Crippen LogP contribution in [0, 0.1) is 11.3 Å². The molecule has 0 spiro atoms. The number of ether oxygens (including phenoxy) is 1. The van der Waals surface area contributed by atoms with E-state index in [4.69, 9.17) is 10.00 Å². The minimum atomic E-state index is -0.0343. The Bertz CT molecular complexity index is 300. The molecule has 0 aliphatic carbocycles. The Morgan fingerprint density at radius 2 is 2.50 bits per heavy atom. The van der Waals surface area contributed by atoms with Gasteiger partial charge in [0.2, 0.25) is 5.88 Å². The van der Waals surface area contributed by atoms with Gasteiger partial charge in [0.1, 0.15) is 6.07 Å². The number of carbonyl (C=O) groups is 1. The number of nitriles is 1. The summed E-state index contributed by atoms with van der Waals surface area (Å²) in [5.74, 6) is 0.349. The van der Waals surface area contributed by atoms with Gasteiger partial charge in [0.05, 0.1) is 0 Å². The van der Waals surface area contributed by atoms with Crippen molar-refractivity contribution in [1.29, 1.82) is 5.26 Å². The number of hydrogen-bond acceptors (Lipinski definition) is 4. The molecule has 0 aromatic carbocycles. The largest absolute Gasteiger partial charge is 0.462 e. The van der Waals surface area contributed by atoms with Gasteiger partial charge in [-0.3, -0.25) is 4.79 Å². The lowest BCUT2D eigenvalue weighted by molar-refractivity contribution is 0.112. The predicted molar refractivity (Wildman–Crippen MR) is 40.7 cm³/mol. The third-order valence-electron chi connectivity index (χ3n) is 1.18. The van der Waals surface area contributed by atoms with E-state index in [2.05, 4.69) is 4.98 Å². The highest BCUT2D eigenvalue weighted by Crippen LogP contribution is 2.05. The number of hydrogen-bond donors (Lipinski definition) is 0. The topological polar surface area (TPSA) is 63.0 Å². The highest BCUT2D eigenvalue weighted by Gasteiger charge is 1.94. The summed E-state index contributed by atoms with van der Waals surface area (Å²) in [6.45, 7) is -0.0343. The Morgan fingerprint density at radius 1 is 1.67 bits per heavy atom. The van der Waals surface area contributed by atoms with Crippen molar-refractivity contribution < 1.29 is 9.53 Å². The predicted octanol–water partition coefficient (Wildman–Crippen LogP) is 0.796. The third-order valence-corrected chi connectivity index (χ3v) is 1.18. The Hall–Kier alpha value is -1.89. The van der Waals surface area contributed by atoms with Crippen LogP contribution >= 0.6 is 0 Å². The molecule has 0 fully saturated rings. The van der Waals surface area contributed by atoms with Crippen LogP contribution in [-0.4, -0.2) is 17.9 Å². The number of pyridine rings is 1. The summed E-state index contributed by atoms with van der Waals surface area (Å²) in [6, 6.07) is 4.93. The summed E-state index contributed by atoms with van der Waals surface area (Å²) >= 11 is 0. The van der Waals surface area contributed by atoms with Crippen molar-refractivity contribution in [2.24, 2.45) is 0 Å². The fourth-order valence-electron chi connectivity index (χ4n) is 0.653. The summed E-state index contributed by atoms with van der Waals surface area (Å²) in [6.07, 6.45) is 2.08. The van der Waals surface area contributed by atoms with E-state index in [1.807, 2.05) is 6.07 Å². The van der Waals surface area contributed by atoms with Gasteiger partial charge in [-0.25, -0.2) is 4.98 Å². The second-order valence-electron chi connectivity index (χ2n) is 1.99. The standard InChI is InChI=1S/C8H6N2O2/c9-3-4-12-8-2-1-7(6-11)5-10-8/h1-2,5-6H,4H2. The molecule has 12 heavy (non-hydrogen) atoms. The molecule has 0 aliphatic heterocycles. The van der Waals surface area contributed by atoms with Gasteiger partial charge in [-0.05, 0) is 6.07 Å². The van der Waals surface area contributed by atoms with Crippen molar-refractivity contribution in [3.05, 3.63) is 23.9 Å². The van der Waals surface area contributed by atoms with Crippen LogP contribution in [0.3, 0.4) is 0 Å². The lowest BCUT2D eigenvalue weighted by atomic mass is 10.3. The first kappa shape index (κ1) is 8.21. The summed E-state index contributed by atoms with van der Waals surface area (Å²) in [5.41, 5.74) is 0.485. The maximum atomic E-state index is 10.2. The van der Waals surface area contributed by atoms with E-state index in [1.165, 1.54) is 6.20 Å². The van der Waals surface area contributed by atoms with E-state index in [9.17, 15) is 4.79 Å². The summed E-state index contributed by atoms with van der Waals surface area (Å²) in [4.78, 5) is 14.0. The van der Waals surface area contributed by atoms with Gasteiger partial charge < -0.3 is 4.74 Å². The number of aromatic nitrogens is 1. The molecule has 0 bridgehead atoms. The molecular formula is C8H6N2O2. The van der Waals surface area contributed by atoms with Crippen LogP contribution in [0.15, 0.2) is 18.3 Å². The first-order valence-corrected chi connectivity index (χ1v) is 3.28. The van der Waals surface area contributed by atoms with Gasteiger partial charge in [-0.2, -0.15) is 5.26 Å². The molecule has 4 nitrogen and oxygen atoms in total. The molecule has 1 aromatic heterocycles. The van der Waals surface area contributed by atoms with E-state index in [-0.39, 0.29) is 6.61 Å². The smallest absolute Gasteiger partial charge is 0.214 e. The minimum Gasteiger partial charge on any atom is -0.462 e. The third kappa shape index (κ3) is 2.06. The molecule has 60 valence electrons. The molecule has 0 atom stereocenters. The molecule has 0 saturated carbocycles. The average molecular weight is 162 g/mol. The average Bonchev–Trinajstić information content (AvgIpc) is 2.15. The summed E-state index contributed by atoms with van der Waals surface area (Å²) in [5, 5.41) is 8.17. The summed E-state index contributed by atoms with van der Waals surface area (Å²) < 4.78 is 4.87. The van der Waals surface area contributed by atoms with Crippen molar-refractivity contribution in [3.63, 3.8) is 0 Å². The molecule has 0 unspecified atom stereocenters. The van der Waals surface area contributed by atoms with Crippen LogP contribution in [0.4, 0.5) is 0 Å². The maximum Gasteiger partial charge on any atom is 0.214 e. The molecule has 1 aromatic rings. The van der Waals surface area contributed by atoms with Gasteiger partial charge in [0.25, 0.3) is 0 Å². The molecule has 0 aliphatic rings. The highest BCUT2D eigenvalue weighted by atomic mass is 16.5. The Morgan fingerprint density at radius 3 is 3.00 bits per heavy atom. The van der Waals surface area contributed by atoms with Crippen molar-refractivity contribution in [1.82, 2.24) is 4.98 Å². The van der Waals surface area contributed by atoms with Crippen LogP contribution in [0.1, 0.15) is 10.4 Å². The van der Waals surface area contributed by atoms with Gasteiger partial charge in [0.15, 0.2) is 12.9 Å². The molecule has 0 N–H and O–H groups in total. The van der Waals surface area contributed by atoms with Gasteiger partial charge in [0, 0.05) is 17.8 Å². The molecule has 0 radical (unpaired) electrons. The first-order chi connectivity index (χ1) is 5.86. The fraction of sp³-hybridized carbons (Fsp3) is 0.125. The number of nitrogens with zero attached hydrogens (tertiary/aromatic N) is 2. The van der Waals surface area contributed by atoms with Gasteiger partial charge in [-0.1, -0.05) is 0 Å². The first-order valence-electron chi connectivity index (χ1n) is 3.28. The lowest BCUT2D eigenvalue weighted by Gasteiger charge is -1.98. The van der Waals surface area contributed by atoms with Gasteiger partial charge >= 0.3 is 0 Å². The highest BCUT2D eigenvalue weighted by molar-refractivity contribution is 5.73. The molecule has 1 heterocycles. The molecule has 4 heteroatoms. The van der Waals surface area contributed by atoms with Crippen LogP contribution in [-0.2, 0) is 0 Å². The van der Waals surface area contributed by atoms with Crippen LogP contribution in [0.2, 0.25) is 0 Å². The molecule has 0 amide bonds. The second kappa shape index (κ2) is 4.09. The van der Waals surface area contributed by atoms with E-state index >= 15 is 0 Å². The van der Waals surface area contributed by atoms with E-state index in [0.29, 0.717) is 17.7 Å². The number of carbonyl (C=O) groups excluding carboxylic acids is 1. The SMILES string of the molecule is N#CCOc1ccc(C=O)cn1. The zero-order chi connectivity index (χ0) is 8.81. The van der Waals surface area contributed by atoms with Gasteiger partial charge in [-0.15, -0.1) is 0 Å². The normalized spacial score (nSPS) is 8.58. The van der Waals surface area contributed by atoms with E-state index in [0.717, 1.165) is 0 Å². The fourth-order valence-corrected chi connectivity index (χ4v) is 0.653. The van der Waals surface area contributed by atoms with Crippen molar-refractivity contribution in [2.45, 2.75) is 0 Å². The van der Waals surface area contributed by atoms with Crippen LogP contribution in [0.25, 0.3) is 0 Å². The van der Waals surface area contributed by atoms with Crippen molar-refractivity contribution in [2.75, 3.05) is 6.61 Å². The summed E-state index contributed by atoms with van der Waals surface area (Å²) in [7, 11) is 0. The molecule has 1 rings (SSSR count). The van der Waals surface area contributed by atoms with Crippen LogP contribution in [0.5, 0.6) is 5.88 Å². The number of aldehydes is 1. The Kier molecular flexibility index (Phi) is 2.79. The van der Waals surface area contributed by atoms with Crippen molar-refractivity contribution >= 4 is 6.29 Å². The maximum absolute atomic E-state index is 10.2. The Labute approximate surface area is 69.4 Å². The molecule has 0 saturated heterocycles. The minimum absolute atomic E-state index is 0.0343. The zero-order valence-electron chi connectivity index (χ0n) is 6.23. The van der Waals surface area contributed by atoms with Crippen molar-refractivity contribution in [3.8, 4) is 11.9 Å². The molecular weight excluding hydrogens is 156 g/mol. The number of rotatable bonds is 3. The van der Waals surface area contributed by atoms with E-state index < -0.39 is 0 Å².